The van der Waals surface area contributed by atoms with Gasteiger partial charge in [0.2, 0.25) is 0 Å². The van der Waals surface area contributed by atoms with Crippen LogP contribution in [0.15, 0.2) is 48.5 Å². The van der Waals surface area contributed by atoms with Crippen molar-refractivity contribution in [3.63, 3.8) is 0 Å². The molecule has 1 heterocycles. The molecular formula is C21H24ClNO3Se. The molecule has 1 saturated heterocycles. The van der Waals surface area contributed by atoms with Gasteiger partial charge in [-0.3, -0.25) is 0 Å². The summed E-state index contributed by atoms with van der Waals surface area (Å²) in [6.45, 7) is 0.698. The van der Waals surface area contributed by atoms with Crippen molar-refractivity contribution in [2.24, 2.45) is 5.92 Å². The third kappa shape index (κ3) is 4.85. The van der Waals surface area contributed by atoms with Crippen LogP contribution in [0, 0.1) is 5.92 Å². The fraction of sp³-hybridized carbons (Fsp3) is 0.381. The Morgan fingerprint density at radius 1 is 1.19 bits per heavy atom. The number of carbonyl (C=O) groups excluding carboxylic acids is 1. The molecule has 0 spiro atoms. The first-order chi connectivity index (χ1) is 12.9. The first-order valence-electron chi connectivity index (χ1n) is 8.82. The van der Waals surface area contributed by atoms with Gasteiger partial charge in [-0.25, -0.2) is 0 Å². The van der Waals surface area contributed by atoms with Crippen LogP contribution in [-0.2, 0) is 15.1 Å². The fourth-order valence-electron chi connectivity index (χ4n) is 3.35. The Morgan fingerprint density at radius 3 is 2.44 bits per heavy atom. The molecule has 0 aliphatic carbocycles. The molecule has 0 bridgehead atoms. The molecule has 2 aromatic carbocycles. The monoisotopic (exact) mass is 453 g/mol. The molecule has 6 heteroatoms. The quantitative estimate of drug-likeness (QED) is 0.478. The summed E-state index contributed by atoms with van der Waals surface area (Å²) in [6.07, 6.45) is 0.698. The van der Waals surface area contributed by atoms with Gasteiger partial charge in [-0.1, -0.05) is 0 Å². The SMILES string of the molecule is COc1ccc([Se]CC2(c3ccc(Cl)cc3)CC(CN(C)C)C(=O)O2)cc1. The van der Waals surface area contributed by atoms with Gasteiger partial charge in [0.15, 0.2) is 0 Å². The molecule has 27 heavy (non-hydrogen) atoms. The van der Waals surface area contributed by atoms with E-state index in [9.17, 15) is 4.79 Å². The molecule has 1 fully saturated rings. The second-order valence-electron chi connectivity index (χ2n) is 7.05. The number of methoxy groups -OCH3 is 1. The van der Waals surface area contributed by atoms with Gasteiger partial charge < -0.3 is 0 Å². The average Bonchev–Trinajstić information content (AvgIpc) is 2.97. The van der Waals surface area contributed by atoms with E-state index < -0.39 is 5.60 Å². The van der Waals surface area contributed by atoms with E-state index in [2.05, 4.69) is 12.1 Å². The molecule has 0 saturated carbocycles. The van der Waals surface area contributed by atoms with Crippen LogP contribution in [0.5, 0.6) is 5.75 Å². The number of ether oxygens (including phenoxy) is 2. The molecule has 0 aromatic heterocycles. The van der Waals surface area contributed by atoms with Gasteiger partial charge in [-0.05, 0) is 0 Å². The van der Waals surface area contributed by atoms with Crippen molar-refractivity contribution in [1.29, 1.82) is 0 Å². The molecule has 2 atom stereocenters. The predicted molar refractivity (Wildman–Crippen MR) is 109 cm³/mol. The number of hydrogen-bond donors (Lipinski definition) is 0. The second kappa shape index (κ2) is 8.66. The number of halogens is 1. The Kier molecular flexibility index (Phi) is 6.48. The number of rotatable bonds is 7. The summed E-state index contributed by atoms with van der Waals surface area (Å²) in [7, 11) is 5.63. The maximum absolute atomic E-state index is 12.6. The van der Waals surface area contributed by atoms with Crippen molar-refractivity contribution in [1.82, 2.24) is 4.90 Å². The van der Waals surface area contributed by atoms with Gasteiger partial charge in [0.05, 0.1) is 0 Å². The van der Waals surface area contributed by atoms with Crippen molar-refractivity contribution in [2.45, 2.75) is 17.3 Å². The molecule has 0 amide bonds. The van der Waals surface area contributed by atoms with Crippen LogP contribution in [0.3, 0.4) is 0 Å². The Bertz CT molecular complexity index is 779. The Labute approximate surface area is 171 Å². The predicted octanol–water partition coefficient (Wildman–Crippen LogP) is 3.12. The zero-order chi connectivity index (χ0) is 19.4. The average molecular weight is 453 g/mol. The summed E-state index contributed by atoms with van der Waals surface area (Å²) < 4.78 is 12.5. The van der Waals surface area contributed by atoms with E-state index >= 15 is 0 Å². The summed E-state index contributed by atoms with van der Waals surface area (Å²) in [4.78, 5) is 14.6. The second-order valence-corrected chi connectivity index (χ2v) is 9.69. The summed E-state index contributed by atoms with van der Waals surface area (Å²) in [5.74, 6) is 0.631. The Morgan fingerprint density at radius 2 is 1.85 bits per heavy atom. The van der Waals surface area contributed by atoms with Crippen molar-refractivity contribution < 1.29 is 14.3 Å². The summed E-state index contributed by atoms with van der Waals surface area (Å²) in [5, 5.41) is 1.48. The number of carbonyl (C=O) groups is 1. The van der Waals surface area contributed by atoms with E-state index in [0.717, 1.165) is 16.6 Å². The van der Waals surface area contributed by atoms with E-state index in [-0.39, 0.29) is 26.8 Å². The summed E-state index contributed by atoms with van der Waals surface area (Å²) in [5.41, 5.74) is 0.444. The van der Waals surface area contributed by atoms with Gasteiger partial charge in [-0.15, -0.1) is 0 Å². The number of esters is 1. The minimum absolute atomic E-state index is 0.107. The van der Waals surface area contributed by atoms with Crippen LogP contribution in [0.2, 0.25) is 10.3 Å². The summed E-state index contributed by atoms with van der Waals surface area (Å²) in [6, 6.07) is 15.8. The minimum atomic E-state index is -0.581. The first kappa shape index (κ1) is 20.2. The van der Waals surface area contributed by atoms with Crippen molar-refractivity contribution in [3.8, 4) is 5.75 Å². The number of hydrogen-bond acceptors (Lipinski definition) is 4. The zero-order valence-corrected chi connectivity index (χ0v) is 18.2. The normalized spacial score (nSPS) is 22.1. The van der Waals surface area contributed by atoms with E-state index in [1.807, 2.05) is 55.4 Å². The van der Waals surface area contributed by atoms with Gasteiger partial charge in [0.25, 0.3) is 0 Å². The maximum atomic E-state index is 12.6. The summed E-state index contributed by atoms with van der Waals surface area (Å²) >= 11 is 6.23. The van der Waals surface area contributed by atoms with Crippen molar-refractivity contribution in [2.75, 3.05) is 27.7 Å². The Hall–Kier alpha value is -1.52. The molecule has 3 rings (SSSR count). The zero-order valence-electron chi connectivity index (χ0n) is 15.8. The van der Waals surface area contributed by atoms with E-state index in [1.54, 1.807) is 7.11 Å². The molecule has 2 unspecified atom stereocenters. The van der Waals surface area contributed by atoms with Crippen LogP contribution in [-0.4, -0.2) is 53.6 Å². The third-order valence-corrected chi connectivity index (χ3v) is 7.50. The Balaban J connectivity index is 1.83. The molecule has 144 valence electrons. The molecule has 4 nitrogen and oxygen atoms in total. The molecule has 0 radical (unpaired) electrons. The van der Waals surface area contributed by atoms with Crippen LogP contribution in [0.4, 0.5) is 0 Å². The molecule has 2 aromatic rings. The molecule has 0 N–H and O–H groups in total. The fourth-order valence-corrected chi connectivity index (χ4v) is 5.73. The van der Waals surface area contributed by atoms with Gasteiger partial charge in [0, 0.05) is 0 Å². The topological polar surface area (TPSA) is 38.8 Å². The molecule has 1 aliphatic rings. The van der Waals surface area contributed by atoms with E-state index in [4.69, 9.17) is 21.1 Å². The first-order valence-corrected chi connectivity index (χ1v) is 11.3. The van der Waals surface area contributed by atoms with Crippen molar-refractivity contribution >= 4 is 37.0 Å². The standard InChI is InChI=1S/C21H24ClNO3Se/c1-23(2)13-15-12-21(26-20(15)24,16-4-6-17(22)7-5-16)14-27-19-10-8-18(25-3)9-11-19/h4-11,15H,12-14H2,1-3H3. The number of nitrogens with zero attached hydrogens (tertiary/aromatic N) is 1. The van der Waals surface area contributed by atoms with Crippen LogP contribution in [0.25, 0.3) is 0 Å². The third-order valence-electron chi connectivity index (χ3n) is 4.69. The molecule has 1 aliphatic heterocycles. The van der Waals surface area contributed by atoms with Crippen molar-refractivity contribution in [3.05, 3.63) is 59.1 Å². The van der Waals surface area contributed by atoms with Crippen LogP contribution >= 0.6 is 11.6 Å². The van der Waals surface area contributed by atoms with Gasteiger partial charge in [0.1, 0.15) is 0 Å². The number of benzene rings is 2. The van der Waals surface area contributed by atoms with E-state index in [0.29, 0.717) is 18.0 Å². The van der Waals surface area contributed by atoms with Gasteiger partial charge >= 0.3 is 172 Å². The number of cyclic esters (lactones) is 1. The van der Waals surface area contributed by atoms with Crippen LogP contribution < -0.4 is 9.20 Å². The van der Waals surface area contributed by atoms with E-state index in [1.165, 1.54) is 4.46 Å². The van der Waals surface area contributed by atoms with Gasteiger partial charge in [-0.2, -0.15) is 0 Å². The van der Waals surface area contributed by atoms with Crippen LogP contribution in [0.1, 0.15) is 12.0 Å². The molecular weight excluding hydrogens is 429 g/mol.